The first-order chi connectivity index (χ1) is 26.4. The van der Waals surface area contributed by atoms with Crippen LogP contribution in [-0.2, 0) is 27.9 Å². The minimum Gasteiger partial charge on any atom is -0.493 e. The van der Waals surface area contributed by atoms with E-state index in [2.05, 4.69) is 20.2 Å². The molecule has 4 N–H and O–H groups in total. The zero-order valence-corrected chi connectivity index (χ0v) is 31.8. The van der Waals surface area contributed by atoms with Gasteiger partial charge >= 0.3 is 17.9 Å². The zero-order valence-electron chi connectivity index (χ0n) is 30.7. The van der Waals surface area contributed by atoms with E-state index >= 15 is 0 Å². The Hall–Kier alpha value is -6.84. The number of ether oxygens (including phenoxy) is 1. The largest absolute Gasteiger partial charge is 0.493 e. The molecule has 289 valence electrons. The second kappa shape index (κ2) is 19.0. The van der Waals surface area contributed by atoms with E-state index in [0.717, 1.165) is 17.7 Å². The summed E-state index contributed by atoms with van der Waals surface area (Å²) in [6.45, 7) is 7.33. The summed E-state index contributed by atoms with van der Waals surface area (Å²) in [5, 5.41) is 48.5. The monoisotopic (exact) mass is 801 g/mol. The van der Waals surface area contributed by atoms with E-state index < -0.39 is 17.9 Å². The van der Waals surface area contributed by atoms with Gasteiger partial charge in [0.15, 0.2) is 0 Å². The van der Waals surface area contributed by atoms with Crippen molar-refractivity contribution in [3.05, 3.63) is 142 Å². The van der Waals surface area contributed by atoms with Gasteiger partial charge in [-0.3, -0.25) is 9.98 Å². The van der Waals surface area contributed by atoms with Gasteiger partial charge in [-0.15, -0.1) is 0 Å². The molecule has 2 heterocycles. The number of carboxylic acid groups (broad SMARTS) is 2. The van der Waals surface area contributed by atoms with Crippen LogP contribution in [0.5, 0.6) is 11.8 Å². The molecule has 0 amide bonds. The van der Waals surface area contributed by atoms with Gasteiger partial charge < -0.3 is 25.2 Å². The van der Waals surface area contributed by atoms with Crippen molar-refractivity contribution in [2.75, 3.05) is 6.61 Å². The van der Waals surface area contributed by atoms with E-state index in [0.29, 0.717) is 33.9 Å². The summed E-state index contributed by atoms with van der Waals surface area (Å²) in [7, 11) is 0. The predicted octanol–water partition coefficient (Wildman–Crippen LogP) is 7.41. The molecule has 0 aliphatic heterocycles. The number of carbonyl (C=O) groups is 3. The van der Waals surface area contributed by atoms with Crippen molar-refractivity contribution in [2.24, 2.45) is 9.98 Å². The van der Waals surface area contributed by atoms with Gasteiger partial charge in [0, 0.05) is 29.2 Å². The number of rotatable bonds is 11. The van der Waals surface area contributed by atoms with Gasteiger partial charge in [-0.1, -0.05) is 49.4 Å². The molecule has 1 radical (unpaired) electrons. The Morgan fingerprint density at radius 2 is 1.12 bits per heavy atom. The fraction of sp³-hybridized carbons (Fsp3) is 0.146. The van der Waals surface area contributed by atoms with Crippen molar-refractivity contribution in [1.29, 1.82) is 0 Å². The average molecular weight is 802 g/mol. The maximum atomic E-state index is 11.9. The Kier molecular flexibility index (Phi) is 14.2. The number of carbonyl (C=O) groups excluding carboxylic acids is 1. The molecule has 2 aromatic heterocycles. The number of hydrogen-bond donors (Lipinski definition) is 4. The van der Waals surface area contributed by atoms with Crippen LogP contribution in [-0.4, -0.2) is 76.9 Å². The molecule has 0 bridgehead atoms. The molecule has 0 atom stereocenters. The summed E-state index contributed by atoms with van der Waals surface area (Å²) in [6.07, 6.45) is 3.56. The van der Waals surface area contributed by atoms with Crippen molar-refractivity contribution in [2.45, 2.75) is 34.1 Å². The van der Waals surface area contributed by atoms with Crippen LogP contribution in [0.2, 0.25) is 0 Å². The number of aromatic nitrogens is 4. The van der Waals surface area contributed by atoms with E-state index in [1.807, 2.05) is 55.5 Å². The fourth-order valence-electron chi connectivity index (χ4n) is 5.37. The van der Waals surface area contributed by atoms with E-state index in [1.54, 1.807) is 51.1 Å². The summed E-state index contributed by atoms with van der Waals surface area (Å²) in [6, 6.07) is 27.4. The van der Waals surface area contributed by atoms with Crippen LogP contribution in [0.1, 0.15) is 73.0 Å². The number of aliphatic imine (C=N–C) groups is 2. The molecule has 0 spiro atoms. The minimum absolute atomic E-state index is 0. The van der Waals surface area contributed by atoms with Crippen molar-refractivity contribution >= 4 is 41.7 Å². The Morgan fingerprint density at radius 1 is 0.679 bits per heavy atom. The zero-order chi connectivity index (χ0) is 39.6. The smallest absolute Gasteiger partial charge is 0.338 e. The number of carboxylic acids is 2. The van der Waals surface area contributed by atoms with Gasteiger partial charge in [0.25, 0.3) is 0 Å². The third-order valence-corrected chi connectivity index (χ3v) is 8.27. The summed E-state index contributed by atoms with van der Waals surface area (Å²) < 4.78 is 7.74. The SMILES string of the molecule is CCOC(=O)c1ccc(C(=O)O)c(N=Cc2c(C)nn(-c3ccccc3)c2O)c1.CCc1ccc(C(=O)O)c(N=Cc2c(C)nn(-c3ccccc3)c2O)c1.[Co]. The molecule has 0 aliphatic carbocycles. The first-order valence-electron chi connectivity index (χ1n) is 17.1. The molecule has 6 rings (SSSR count). The maximum absolute atomic E-state index is 11.9. The molecule has 6 aromatic rings. The van der Waals surface area contributed by atoms with Crippen LogP contribution in [0.15, 0.2) is 107 Å². The predicted molar refractivity (Wildman–Crippen MR) is 207 cm³/mol. The molecule has 0 saturated heterocycles. The number of esters is 1. The van der Waals surface area contributed by atoms with Gasteiger partial charge in [-0.2, -0.15) is 10.2 Å². The van der Waals surface area contributed by atoms with Gasteiger partial charge in [0.2, 0.25) is 11.8 Å². The number of nitrogens with zero attached hydrogens (tertiary/aromatic N) is 6. The first-order valence-corrected chi connectivity index (χ1v) is 17.1. The Balaban J connectivity index is 0.000000246. The number of aromatic carboxylic acids is 2. The second-order valence-electron chi connectivity index (χ2n) is 11.9. The summed E-state index contributed by atoms with van der Waals surface area (Å²) in [5.74, 6) is -2.97. The maximum Gasteiger partial charge on any atom is 0.338 e. The average Bonchev–Trinajstić information content (AvgIpc) is 3.64. The molecule has 56 heavy (non-hydrogen) atoms. The topological polar surface area (TPSA) is 202 Å². The summed E-state index contributed by atoms with van der Waals surface area (Å²) >= 11 is 0. The van der Waals surface area contributed by atoms with E-state index in [4.69, 9.17) is 4.74 Å². The fourth-order valence-corrected chi connectivity index (χ4v) is 5.37. The van der Waals surface area contributed by atoms with Crippen LogP contribution >= 0.6 is 0 Å². The minimum atomic E-state index is -1.19. The van der Waals surface area contributed by atoms with Crippen molar-refractivity contribution < 1.29 is 56.3 Å². The molecule has 0 unspecified atom stereocenters. The number of benzene rings is 4. The third kappa shape index (κ3) is 9.63. The van der Waals surface area contributed by atoms with Crippen molar-refractivity contribution in [3.63, 3.8) is 0 Å². The Labute approximate surface area is 332 Å². The number of para-hydroxylation sites is 2. The molecular weight excluding hydrogens is 763 g/mol. The van der Waals surface area contributed by atoms with Gasteiger partial charge in [-0.05, 0) is 87.4 Å². The standard InChI is InChI=1S/C21H19N3O5.C20H19N3O3.Co/c1-3-29-21(28)14-9-10-16(20(26)27)18(11-14)22-12-17-13(2)23-24(19(17)25)15-7-5-4-6-8-15;1-3-14-9-10-16(20(25)26)18(11-14)21-12-17-13(2)22-23(19(17)24)15-7-5-4-6-8-15;/h4-12,25H,3H2,1-2H3,(H,26,27);4-12,24H,3H2,1-2H3,(H,25,26);. The van der Waals surface area contributed by atoms with Crippen molar-refractivity contribution in [3.8, 4) is 23.1 Å². The normalized spacial score (nSPS) is 10.9. The van der Waals surface area contributed by atoms with E-state index in [9.17, 15) is 34.8 Å². The number of hydrogen-bond acceptors (Lipinski definition) is 10. The van der Waals surface area contributed by atoms with Gasteiger partial charge in [-0.25, -0.2) is 23.7 Å². The quantitative estimate of drug-likeness (QED) is 0.0755. The van der Waals surface area contributed by atoms with Crippen LogP contribution < -0.4 is 0 Å². The Bertz CT molecular complexity index is 2410. The Morgan fingerprint density at radius 3 is 1.55 bits per heavy atom. The molecule has 0 fully saturated rings. The van der Waals surface area contributed by atoms with Gasteiger partial charge in [0.1, 0.15) is 0 Å². The first kappa shape index (κ1) is 41.9. The second-order valence-corrected chi connectivity index (χ2v) is 11.9. The summed E-state index contributed by atoms with van der Waals surface area (Å²) in [4.78, 5) is 43.4. The van der Waals surface area contributed by atoms with Crippen LogP contribution in [0.25, 0.3) is 11.4 Å². The molecule has 0 saturated carbocycles. The molecule has 0 aliphatic rings. The van der Waals surface area contributed by atoms with Crippen LogP contribution in [0.4, 0.5) is 11.4 Å². The van der Waals surface area contributed by atoms with Crippen molar-refractivity contribution in [1.82, 2.24) is 19.6 Å². The molecular formula is C41H38CoN6O8. The number of aromatic hydroxyl groups is 2. The molecule has 15 heteroatoms. The molecule has 4 aromatic carbocycles. The third-order valence-electron chi connectivity index (χ3n) is 8.27. The van der Waals surface area contributed by atoms with E-state index in [1.165, 1.54) is 40.0 Å². The van der Waals surface area contributed by atoms with E-state index in [-0.39, 0.29) is 57.5 Å². The van der Waals surface area contributed by atoms with Crippen LogP contribution in [0.3, 0.4) is 0 Å². The number of aryl methyl sites for hydroxylation is 3. The summed E-state index contributed by atoms with van der Waals surface area (Å²) in [5.41, 5.74) is 4.92. The van der Waals surface area contributed by atoms with Crippen LogP contribution in [0, 0.1) is 13.8 Å². The molecule has 14 nitrogen and oxygen atoms in total. The van der Waals surface area contributed by atoms with Gasteiger partial charge in [0.05, 0.1) is 68.6 Å².